The third-order valence-corrected chi connectivity index (χ3v) is 4.22. The number of ether oxygens (including phenoxy) is 2. The minimum atomic E-state index is -0.302. The highest BCUT2D eigenvalue weighted by Gasteiger charge is 2.10. The van der Waals surface area contributed by atoms with Crippen LogP contribution in [0.3, 0.4) is 0 Å². The second kappa shape index (κ2) is 8.33. The van der Waals surface area contributed by atoms with E-state index in [4.69, 9.17) is 9.47 Å². The van der Waals surface area contributed by atoms with E-state index in [1.54, 1.807) is 13.3 Å². The summed E-state index contributed by atoms with van der Waals surface area (Å²) < 4.78 is 10.8. The van der Waals surface area contributed by atoms with Gasteiger partial charge in [0, 0.05) is 5.56 Å². The summed E-state index contributed by atoms with van der Waals surface area (Å²) in [5.74, 6) is 1.12. The maximum Gasteiger partial charge on any atom is 0.277 e. The molecule has 0 heterocycles. The van der Waals surface area contributed by atoms with Crippen LogP contribution in [0.4, 0.5) is 0 Å². The number of carbonyl (C=O) groups excluding carboxylic acids is 1. The Morgan fingerprint density at radius 3 is 2.80 bits per heavy atom. The number of amides is 1. The fourth-order valence-corrected chi connectivity index (χ4v) is 2.93. The molecular weight excluding hydrogens is 316 g/mol. The van der Waals surface area contributed by atoms with Crippen LogP contribution in [0, 0.1) is 0 Å². The first-order valence-electron chi connectivity index (χ1n) is 8.46. The lowest BCUT2D eigenvalue weighted by Crippen LogP contribution is -2.24. The highest BCUT2D eigenvalue weighted by atomic mass is 16.5. The molecule has 5 nitrogen and oxygen atoms in total. The first-order valence-corrected chi connectivity index (χ1v) is 8.46. The highest BCUT2D eigenvalue weighted by molar-refractivity contribution is 5.85. The molecule has 5 heteroatoms. The van der Waals surface area contributed by atoms with Crippen molar-refractivity contribution in [1.82, 2.24) is 5.43 Å². The van der Waals surface area contributed by atoms with Gasteiger partial charge in [0.2, 0.25) is 0 Å². The van der Waals surface area contributed by atoms with Crippen molar-refractivity contribution in [3.05, 3.63) is 59.2 Å². The summed E-state index contributed by atoms with van der Waals surface area (Å²) in [5, 5.41) is 3.95. The molecule has 0 bridgehead atoms. The minimum Gasteiger partial charge on any atom is -0.496 e. The molecule has 0 fully saturated rings. The van der Waals surface area contributed by atoms with Crippen molar-refractivity contribution in [3.63, 3.8) is 0 Å². The van der Waals surface area contributed by atoms with Gasteiger partial charge in [-0.05, 0) is 61.1 Å². The number of aryl methyl sites for hydroxylation is 2. The lowest BCUT2D eigenvalue weighted by atomic mass is 9.92. The van der Waals surface area contributed by atoms with Crippen molar-refractivity contribution in [2.24, 2.45) is 5.10 Å². The zero-order valence-electron chi connectivity index (χ0n) is 14.3. The van der Waals surface area contributed by atoms with E-state index in [-0.39, 0.29) is 12.5 Å². The number of hydrogen-bond acceptors (Lipinski definition) is 4. The predicted molar refractivity (Wildman–Crippen MR) is 97.3 cm³/mol. The van der Waals surface area contributed by atoms with Crippen molar-refractivity contribution in [2.45, 2.75) is 25.7 Å². The molecule has 0 unspecified atom stereocenters. The maximum atomic E-state index is 11.9. The van der Waals surface area contributed by atoms with Gasteiger partial charge in [0.1, 0.15) is 11.5 Å². The number of rotatable bonds is 6. The molecule has 0 atom stereocenters. The standard InChI is InChI=1S/C20H22N2O3/c1-24-19-9-5-4-8-17(19)13-21-22-20(23)14-25-18-11-10-15-6-2-3-7-16(15)12-18/h4-5,8-13H,2-3,6-7,14H2,1H3,(H,22,23)/b21-13+. The predicted octanol–water partition coefficient (Wildman–Crippen LogP) is 3.10. The molecule has 1 aliphatic rings. The van der Waals surface area contributed by atoms with Gasteiger partial charge >= 0.3 is 0 Å². The molecule has 0 aliphatic heterocycles. The summed E-state index contributed by atoms with van der Waals surface area (Å²) >= 11 is 0. The van der Waals surface area contributed by atoms with Gasteiger partial charge < -0.3 is 9.47 Å². The molecule has 0 radical (unpaired) electrons. The average Bonchev–Trinajstić information content (AvgIpc) is 2.66. The van der Waals surface area contributed by atoms with E-state index >= 15 is 0 Å². The number of nitrogens with one attached hydrogen (secondary N) is 1. The van der Waals surface area contributed by atoms with Gasteiger partial charge in [-0.15, -0.1) is 0 Å². The van der Waals surface area contributed by atoms with Gasteiger partial charge in [-0.2, -0.15) is 5.10 Å². The Balaban J connectivity index is 1.50. The summed E-state index contributed by atoms with van der Waals surface area (Å²) in [7, 11) is 1.59. The monoisotopic (exact) mass is 338 g/mol. The normalized spacial score (nSPS) is 13.3. The van der Waals surface area contributed by atoms with Crippen molar-refractivity contribution in [1.29, 1.82) is 0 Å². The fourth-order valence-electron chi connectivity index (χ4n) is 2.93. The summed E-state index contributed by atoms with van der Waals surface area (Å²) in [6.45, 7) is -0.0674. The van der Waals surface area contributed by atoms with Gasteiger partial charge in [-0.1, -0.05) is 18.2 Å². The molecule has 3 rings (SSSR count). The van der Waals surface area contributed by atoms with E-state index in [0.717, 1.165) is 24.2 Å². The molecule has 2 aromatic carbocycles. The van der Waals surface area contributed by atoms with Crippen LogP contribution in [0.25, 0.3) is 0 Å². The van der Waals surface area contributed by atoms with Crippen LogP contribution in [-0.4, -0.2) is 25.8 Å². The van der Waals surface area contributed by atoms with Crippen LogP contribution < -0.4 is 14.9 Å². The number of nitrogens with zero attached hydrogens (tertiary/aromatic N) is 1. The molecule has 1 amide bonds. The van der Waals surface area contributed by atoms with E-state index in [1.165, 1.54) is 24.0 Å². The Bertz CT molecular complexity index is 771. The van der Waals surface area contributed by atoms with Crippen LogP contribution in [0.5, 0.6) is 11.5 Å². The number of hydrazone groups is 1. The van der Waals surface area contributed by atoms with Crippen LogP contribution in [0.15, 0.2) is 47.6 Å². The van der Waals surface area contributed by atoms with Crippen LogP contribution >= 0.6 is 0 Å². The highest BCUT2D eigenvalue weighted by Crippen LogP contribution is 2.25. The largest absolute Gasteiger partial charge is 0.496 e. The summed E-state index contributed by atoms with van der Waals surface area (Å²) in [5.41, 5.74) is 5.98. The Morgan fingerprint density at radius 2 is 1.96 bits per heavy atom. The van der Waals surface area contributed by atoms with E-state index in [9.17, 15) is 4.79 Å². The second-order valence-electron chi connectivity index (χ2n) is 5.96. The molecule has 130 valence electrons. The fraction of sp³-hybridized carbons (Fsp3) is 0.300. The molecule has 1 N–H and O–H groups in total. The number of para-hydroxylation sites is 1. The molecule has 2 aromatic rings. The first-order chi connectivity index (χ1) is 12.3. The SMILES string of the molecule is COc1ccccc1/C=N/NC(=O)COc1ccc2c(c1)CCCC2. The van der Waals surface area contributed by atoms with Crippen LogP contribution in [-0.2, 0) is 17.6 Å². The Kier molecular flexibility index (Phi) is 5.67. The lowest BCUT2D eigenvalue weighted by Gasteiger charge is -2.16. The number of methoxy groups -OCH3 is 1. The number of benzene rings is 2. The van der Waals surface area contributed by atoms with Crippen molar-refractivity contribution < 1.29 is 14.3 Å². The Labute approximate surface area is 147 Å². The van der Waals surface area contributed by atoms with Crippen molar-refractivity contribution in [3.8, 4) is 11.5 Å². The maximum absolute atomic E-state index is 11.9. The first kappa shape index (κ1) is 17.0. The summed E-state index contributed by atoms with van der Waals surface area (Å²) in [6.07, 6.45) is 6.24. The quantitative estimate of drug-likeness (QED) is 0.650. The molecule has 0 spiro atoms. The van der Waals surface area contributed by atoms with Crippen molar-refractivity contribution in [2.75, 3.05) is 13.7 Å². The Hall–Kier alpha value is -2.82. The Morgan fingerprint density at radius 1 is 1.16 bits per heavy atom. The van der Waals surface area contributed by atoms with Crippen LogP contribution in [0.1, 0.15) is 29.5 Å². The number of hydrogen-bond donors (Lipinski definition) is 1. The number of carbonyl (C=O) groups is 1. The molecule has 0 saturated carbocycles. The van der Waals surface area contributed by atoms with E-state index in [0.29, 0.717) is 5.75 Å². The zero-order chi connectivity index (χ0) is 17.5. The molecule has 25 heavy (non-hydrogen) atoms. The van der Waals surface area contributed by atoms with Crippen LogP contribution in [0.2, 0.25) is 0 Å². The number of fused-ring (bicyclic) bond motifs is 1. The smallest absolute Gasteiger partial charge is 0.277 e. The minimum absolute atomic E-state index is 0.0674. The summed E-state index contributed by atoms with van der Waals surface area (Å²) in [4.78, 5) is 11.9. The third-order valence-electron chi connectivity index (χ3n) is 4.22. The lowest BCUT2D eigenvalue weighted by molar-refractivity contribution is -0.123. The zero-order valence-corrected chi connectivity index (χ0v) is 14.3. The molecular formula is C20H22N2O3. The summed E-state index contributed by atoms with van der Waals surface area (Å²) in [6, 6.07) is 13.5. The van der Waals surface area contributed by atoms with E-state index in [2.05, 4.69) is 16.6 Å². The van der Waals surface area contributed by atoms with E-state index in [1.807, 2.05) is 36.4 Å². The van der Waals surface area contributed by atoms with E-state index < -0.39 is 0 Å². The average molecular weight is 338 g/mol. The second-order valence-corrected chi connectivity index (χ2v) is 5.96. The molecule has 1 aliphatic carbocycles. The van der Waals surface area contributed by atoms with Gasteiger partial charge in [-0.3, -0.25) is 4.79 Å². The van der Waals surface area contributed by atoms with Crippen molar-refractivity contribution >= 4 is 12.1 Å². The van der Waals surface area contributed by atoms with Gasteiger partial charge in [0.25, 0.3) is 5.91 Å². The van der Waals surface area contributed by atoms with Gasteiger partial charge in [0.05, 0.1) is 13.3 Å². The third kappa shape index (κ3) is 4.59. The molecule has 0 aromatic heterocycles. The topological polar surface area (TPSA) is 59.9 Å². The van der Waals surface area contributed by atoms with Gasteiger partial charge in [-0.25, -0.2) is 5.43 Å². The van der Waals surface area contributed by atoms with Gasteiger partial charge in [0.15, 0.2) is 6.61 Å². The molecule has 0 saturated heterocycles.